The van der Waals surface area contributed by atoms with Gasteiger partial charge in [-0.2, -0.15) is 0 Å². The molecule has 0 radical (unpaired) electrons. The number of hydrogen-bond donors (Lipinski definition) is 0. The summed E-state index contributed by atoms with van der Waals surface area (Å²) in [7, 11) is 0. The van der Waals surface area contributed by atoms with Gasteiger partial charge in [0.25, 0.3) is 11.1 Å². The van der Waals surface area contributed by atoms with Crippen LogP contribution in [0.1, 0.15) is 11.1 Å². The lowest BCUT2D eigenvalue weighted by Gasteiger charge is -2.36. The minimum atomic E-state index is -0.467. The highest BCUT2D eigenvalue weighted by Gasteiger charge is 2.37. The number of halogens is 1. The molecule has 7 nitrogen and oxygen atoms in total. The number of amides is 3. The Bertz CT molecular complexity index is 1360. The lowest BCUT2D eigenvalue weighted by atomic mass is 10.1. The molecule has 5 rings (SSSR count). The SMILES string of the molecule is O=C(CN1C(=O)S/C(=C\c2cc(Br)ccc2OCc2ccccc2)C1=O)N1CCN(c2ccccc2)CC1. The molecular weight excluding hydrogens is 566 g/mol. The second-order valence-corrected chi connectivity index (χ2v) is 10.8. The summed E-state index contributed by atoms with van der Waals surface area (Å²) in [6.07, 6.45) is 1.65. The normalized spacial score (nSPS) is 16.9. The molecule has 0 N–H and O–H groups in total. The molecule has 0 aliphatic carbocycles. The Morgan fingerprint density at radius 1 is 0.921 bits per heavy atom. The van der Waals surface area contributed by atoms with E-state index < -0.39 is 11.1 Å². The van der Waals surface area contributed by atoms with Crippen LogP contribution in [0.3, 0.4) is 0 Å². The van der Waals surface area contributed by atoms with Crippen LogP contribution in [0.25, 0.3) is 6.08 Å². The van der Waals surface area contributed by atoms with Gasteiger partial charge >= 0.3 is 0 Å². The smallest absolute Gasteiger partial charge is 0.294 e. The molecule has 0 spiro atoms. The molecular formula is C29H26BrN3O4S. The molecule has 2 heterocycles. The quantitative estimate of drug-likeness (QED) is 0.342. The van der Waals surface area contributed by atoms with Gasteiger partial charge in [0, 0.05) is 41.9 Å². The second-order valence-electron chi connectivity index (χ2n) is 8.93. The van der Waals surface area contributed by atoms with Gasteiger partial charge in [0.1, 0.15) is 18.9 Å². The molecule has 194 valence electrons. The Hall–Kier alpha value is -3.56. The number of piperazine rings is 1. The van der Waals surface area contributed by atoms with Crippen LogP contribution < -0.4 is 9.64 Å². The van der Waals surface area contributed by atoms with Gasteiger partial charge in [0.05, 0.1) is 4.91 Å². The first kappa shape index (κ1) is 26.1. The number of ether oxygens (including phenoxy) is 1. The fourth-order valence-corrected chi connectivity index (χ4v) is 5.57. The summed E-state index contributed by atoms with van der Waals surface area (Å²) in [5, 5.41) is -0.445. The van der Waals surface area contributed by atoms with Crippen molar-refractivity contribution in [3.63, 3.8) is 0 Å². The topological polar surface area (TPSA) is 70.2 Å². The highest BCUT2D eigenvalue weighted by Crippen LogP contribution is 2.35. The van der Waals surface area contributed by atoms with E-state index in [0.29, 0.717) is 44.1 Å². The van der Waals surface area contributed by atoms with E-state index in [4.69, 9.17) is 4.74 Å². The first-order valence-electron chi connectivity index (χ1n) is 12.3. The fraction of sp³-hybridized carbons (Fsp3) is 0.207. The van der Waals surface area contributed by atoms with Crippen molar-refractivity contribution >= 4 is 56.5 Å². The van der Waals surface area contributed by atoms with Gasteiger partial charge in [0.15, 0.2) is 0 Å². The van der Waals surface area contributed by atoms with Gasteiger partial charge < -0.3 is 14.5 Å². The summed E-state index contributed by atoms with van der Waals surface area (Å²) < 4.78 is 6.83. The van der Waals surface area contributed by atoms with E-state index in [0.717, 1.165) is 32.4 Å². The molecule has 3 amide bonds. The summed E-state index contributed by atoms with van der Waals surface area (Å²) in [6.45, 7) is 2.60. The van der Waals surface area contributed by atoms with Gasteiger partial charge in [-0.25, -0.2) is 0 Å². The highest BCUT2D eigenvalue weighted by atomic mass is 79.9. The van der Waals surface area contributed by atoms with Crippen LogP contribution in [0.2, 0.25) is 0 Å². The largest absolute Gasteiger partial charge is 0.488 e. The van der Waals surface area contributed by atoms with Crippen molar-refractivity contribution < 1.29 is 19.1 Å². The van der Waals surface area contributed by atoms with E-state index in [9.17, 15) is 14.4 Å². The lowest BCUT2D eigenvalue weighted by Crippen LogP contribution is -2.51. The van der Waals surface area contributed by atoms with Crippen LogP contribution in [0.4, 0.5) is 10.5 Å². The van der Waals surface area contributed by atoms with E-state index in [2.05, 4.69) is 20.8 Å². The molecule has 2 aliphatic heterocycles. The van der Waals surface area contributed by atoms with Crippen molar-refractivity contribution in [3.8, 4) is 5.75 Å². The number of imide groups is 1. The van der Waals surface area contributed by atoms with E-state index in [-0.39, 0.29) is 17.4 Å². The van der Waals surface area contributed by atoms with Crippen LogP contribution in [-0.4, -0.2) is 59.6 Å². The minimum absolute atomic E-state index is 0.226. The maximum Gasteiger partial charge on any atom is 0.294 e. The van der Waals surface area contributed by atoms with Crippen molar-refractivity contribution in [2.75, 3.05) is 37.6 Å². The average molecular weight is 593 g/mol. The van der Waals surface area contributed by atoms with Gasteiger partial charge in [0.2, 0.25) is 5.91 Å². The number of carbonyl (C=O) groups is 3. The molecule has 0 aromatic heterocycles. The molecule has 9 heteroatoms. The summed E-state index contributed by atoms with van der Waals surface area (Å²) in [6, 6.07) is 25.4. The maximum atomic E-state index is 13.1. The number of anilines is 1. The second kappa shape index (κ2) is 11.9. The number of hydrogen-bond acceptors (Lipinski definition) is 6. The van der Waals surface area contributed by atoms with Crippen LogP contribution in [-0.2, 0) is 16.2 Å². The van der Waals surface area contributed by atoms with Gasteiger partial charge in [-0.05, 0) is 53.7 Å². The van der Waals surface area contributed by atoms with Gasteiger partial charge in [-0.15, -0.1) is 0 Å². The molecule has 38 heavy (non-hydrogen) atoms. The number of nitrogens with zero attached hydrogens (tertiary/aromatic N) is 3. The molecule has 2 aliphatic rings. The molecule has 3 aromatic carbocycles. The number of benzene rings is 3. The van der Waals surface area contributed by atoms with Crippen molar-refractivity contribution in [3.05, 3.63) is 99.4 Å². The van der Waals surface area contributed by atoms with E-state index in [1.165, 1.54) is 0 Å². The van der Waals surface area contributed by atoms with E-state index >= 15 is 0 Å². The Labute approximate surface area is 234 Å². The number of para-hydroxylation sites is 1. The third-order valence-corrected chi connectivity index (χ3v) is 7.82. The van der Waals surface area contributed by atoms with Crippen LogP contribution >= 0.6 is 27.7 Å². The molecule has 0 unspecified atom stereocenters. The Kier molecular flexibility index (Phi) is 8.14. The first-order valence-corrected chi connectivity index (χ1v) is 13.9. The number of rotatable bonds is 7. The monoisotopic (exact) mass is 591 g/mol. The van der Waals surface area contributed by atoms with E-state index in [1.807, 2.05) is 78.9 Å². The van der Waals surface area contributed by atoms with Crippen molar-refractivity contribution in [2.45, 2.75) is 6.61 Å². The third-order valence-electron chi connectivity index (χ3n) is 6.42. The Balaban J connectivity index is 1.23. The van der Waals surface area contributed by atoms with Crippen molar-refractivity contribution in [1.29, 1.82) is 0 Å². The molecule has 2 fully saturated rings. The molecule has 0 atom stereocenters. The summed E-state index contributed by atoms with van der Waals surface area (Å²) >= 11 is 4.31. The molecule has 0 saturated carbocycles. The number of thioether (sulfide) groups is 1. The zero-order chi connectivity index (χ0) is 26.5. The van der Waals surface area contributed by atoms with Crippen LogP contribution in [0.15, 0.2) is 88.2 Å². The predicted molar refractivity (Wildman–Crippen MR) is 153 cm³/mol. The zero-order valence-electron chi connectivity index (χ0n) is 20.6. The summed E-state index contributed by atoms with van der Waals surface area (Å²) in [4.78, 5) is 44.1. The zero-order valence-corrected chi connectivity index (χ0v) is 23.0. The average Bonchev–Trinajstić information content (AvgIpc) is 3.21. The first-order chi connectivity index (χ1) is 18.5. The Morgan fingerprint density at radius 2 is 1.61 bits per heavy atom. The van der Waals surface area contributed by atoms with Crippen LogP contribution in [0.5, 0.6) is 5.75 Å². The molecule has 0 bridgehead atoms. The van der Waals surface area contributed by atoms with Crippen molar-refractivity contribution in [2.24, 2.45) is 0 Å². The summed E-state index contributed by atoms with van der Waals surface area (Å²) in [5.41, 5.74) is 2.81. The number of carbonyl (C=O) groups excluding carboxylic acids is 3. The lowest BCUT2D eigenvalue weighted by molar-refractivity contribution is -0.136. The van der Waals surface area contributed by atoms with Gasteiger partial charge in [-0.3, -0.25) is 19.3 Å². The van der Waals surface area contributed by atoms with Gasteiger partial charge in [-0.1, -0.05) is 64.5 Å². The summed E-state index contributed by atoms with van der Waals surface area (Å²) in [5.74, 6) is -0.0999. The van der Waals surface area contributed by atoms with Crippen LogP contribution in [0, 0.1) is 0 Å². The highest BCUT2D eigenvalue weighted by molar-refractivity contribution is 9.10. The molecule has 2 saturated heterocycles. The third kappa shape index (κ3) is 6.11. The maximum absolute atomic E-state index is 13.1. The standard InChI is InChI=1S/C29H26BrN3O4S/c30-23-11-12-25(37-20-21-7-3-1-4-8-21)22(17-23)18-26-28(35)33(29(36)38-26)19-27(34)32-15-13-31(14-16-32)24-9-5-2-6-10-24/h1-12,17-18H,13-16,19-20H2/b26-18-. The Morgan fingerprint density at radius 3 is 2.32 bits per heavy atom. The molecule has 3 aromatic rings. The van der Waals surface area contributed by atoms with E-state index in [1.54, 1.807) is 11.0 Å². The minimum Gasteiger partial charge on any atom is -0.488 e. The predicted octanol–water partition coefficient (Wildman–Crippen LogP) is 5.41. The van der Waals surface area contributed by atoms with Crippen molar-refractivity contribution in [1.82, 2.24) is 9.80 Å². The fourth-order valence-electron chi connectivity index (χ4n) is 4.36.